The van der Waals surface area contributed by atoms with Crippen molar-refractivity contribution in [2.45, 2.75) is 12.5 Å². The summed E-state index contributed by atoms with van der Waals surface area (Å²) in [6, 6.07) is 12.0. The minimum Gasteiger partial charge on any atom is -0.488 e. The molecule has 0 fully saturated rings. The lowest BCUT2D eigenvalue weighted by Crippen LogP contribution is -1.96. The summed E-state index contributed by atoms with van der Waals surface area (Å²) in [5, 5.41) is 0. The molecule has 0 spiro atoms. The lowest BCUT2D eigenvalue weighted by atomic mass is 10.2. The van der Waals surface area contributed by atoms with E-state index in [0.29, 0.717) is 12.5 Å². The van der Waals surface area contributed by atoms with Crippen molar-refractivity contribution in [3.63, 3.8) is 0 Å². The van der Waals surface area contributed by atoms with Crippen LogP contribution in [0, 0.1) is 5.82 Å². The van der Waals surface area contributed by atoms with Crippen LogP contribution in [0.15, 0.2) is 46.9 Å². The van der Waals surface area contributed by atoms with E-state index >= 15 is 0 Å². The monoisotopic (exact) mass is 328 g/mol. The normalized spacial score (nSPS) is 10.4. The number of hydrogen-bond acceptors (Lipinski definition) is 1. The zero-order valence-electron chi connectivity index (χ0n) is 9.50. The molecule has 4 heteroatoms. The maximum absolute atomic E-state index is 12.7. The van der Waals surface area contributed by atoms with Crippen LogP contribution < -0.4 is 4.74 Å². The third-order valence-corrected chi connectivity index (χ3v) is 3.39. The third-order valence-electron chi connectivity index (χ3n) is 2.46. The summed E-state index contributed by atoms with van der Waals surface area (Å²) in [6.07, 6.45) is 0. The molecule has 0 saturated heterocycles. The number of alkyl halides is 1. The molecule has 0 heterocycles. The van der Waals surface area contributed by atoms with Crippen molar-refractivity contribution in [1.29, 1.82) is 0 Å². The zero-order valence-corrected chi connectivity index (χ0v) is 11.8. The molecule has 2 rings (SSSR count). The molecule has 0 aliphatic carbocycles. The van der Waals surface area contributed by atoms with E-state index < -0.39 is 0 Å². The molecule has 94 valence electrons. The van der Waals surface area contributed by atoms with E-state index in [2.05, 4.69) is 15.9 Å². The summed E-state index contributed by atoms with van der Waals surface area (Å²) in [4.78, 5) is 0. The van der Waals surface area contributed by atoms with Crippen molar-refractivity contribution >= 4 is 27.5 Å². The highest BCUT2D eigenvalue weighted by Crippen LogP contribution is 2.27. The summed E-state index contributed by atoms with van der Waals surface area (Å²) >= 11 is 9.17. The highest BCUT2D eigenvalue weighted by Gasteiger charge is 2.03. The fraction of sp³-hybridized carbons (Fsp3) is 0.143. The molecule has 0 aliphatic rings. The van der Waals surface area contributed by atoms with Gasteiger partial charge >= 0.3 is 0 Å². The topological polar surface area (TPSA) is 9.23 Å². The van der Waals surface area contributed by atoms with Gasteiger partial charge in [-0.2, -0.15) is 0 Å². The molecule has 0 atom stereocenters. The average Bonchev–Trinajstić information content (AvgIpc) is 2.39. The molecule has 0 saturated carbocycles. The van der Waals surface area contributed by atoms with Crippen LogP contribution in [0.2, 0.25) is 0 Å². The van der Waals surface area contributed by atoms with Crippen molar-refractivity contribution in [3.8, 4) is 5.75 Å². The Balaban J connectivity index is 2.04. The summed E-state index contributed by atoms with van der Waals surface area (Å²) in [7, 11) is 0. The predicted octanol–water partition coefficient (Wildman–Crippen LogP) is 4.91. The number of halogens is 3. The largest absolute Gasteiger partial charge is 0.488 e. The summed E-state index contributed by atoms with van der Waals surface area (Å²) in [5.74, 6) is 0.969. The van der Waals surface area contributed by atoms with Crippen LogP contribution in [-0.4, -0.2) is 0 Å². The van der Waals surface area contributed by atoms with E-state index in [1.54, 1.807) is 12.1 Å². The molecule has 0 aliphatic heterocycles. The van der Waals surface area contributed by atoms with E-state index in [1.165, 1.54) is 12.1 Å². The van der Waals surface area contributed by atoms with E-state index in [0.717, 1.165) is 21.3 Å². The maximum Gasteiger partial charge on any atom is 0.134 e. The van der Waals surface area contributed by atoms with Gasteiger partial charge < -0.3 is 4.74 Å². The standard InChI is InChI=1S/C14H11BrClFO/c15-13-7-11(8-16)3-6-14(13)18-9-10-1-4-12(17)5-2-10/h1-7H,8-9H2. The Kier molecular flexibility index (Phi) is 4.61. The Morgan fingerprint density at radius 3 is 2.33 bits per heavy atom. The molecule has 0 aromatic heterocycles. The van der Waals surface area contributed by atoms with Crippen molar-refractivity contribution in [2.24, 2.45) is 0 Å². The molecule has 0 amide bonds. The van der Waals surface area contributed by atoms with Gasteiger partial charge in [0.1, 0.15) is 18.2 Å². The molecular formula is C14H11BrClFO. The van der Waals surface area contributed by atoms with E-state index in [9.17, 15) is 4.39 Å². The molecular weight excluding hydrogens is 319 g/mol. The summed E-state index contributed by atoms with van der Waals surface area (Å²) in [5.41, 5.74) is 1.95. The van der Waals surface area contributed by atoms with Crippen LogP contribution in [0.4, 0.5) is 4.39 Å². The Bertz CT molecular complexity index is 528. The summed E-state index contributed by atoms with van der Waals surface area (Å²) < 4.78 is 19.3. The number of rotatable bonds is 4. The van der Waals surface area contributed by atoms with Crippen molar-refractivity contribution in [2.75, 3.05) is 0 Å². The van der Waals surface area contributed by atoms with Gasteiger partial charge in [0.2, 0.25) is 0 Å². The first-order chi connectivity index (χ1) is 8.69. The highest BCUT2D eigenvalue weighted by atomic mass is 79.9. The Hall–Kier alpha value is -1.06. The van der Waals surface area contributed by atoms with E-state index in [-0.39, 0.29) is 5.82 Å². The minimum atomic E-state index is -0.244. The minimum absolute atomic E-state index is 0.244. The van der Waals surface area contributed by atoms with Gasteiger partial charge in [-0.25, -0.2) is 4.39 Å². The van der Waals surface area contributed by atoms with Gasteiger partial charge in [0, 0.05) is 5.88 Å². The third kappa shape index (κ3) is 3.47. The lowest BCUT2D eigenvalue weighted by molar-refractivity contribution is 0.304. The first-order valence-corrected chi connectivity index (χ1v) is 6.73. The number of ether oxygens (including phenoxy) is 1. The fourth-order valence-electron chi connectivity index (χ4n) is 1.49. The van der Waals surface area contributed by atoms with Gasteiger partial charge in [0.05, 0.1) is 4.47 Å². The lowest BCUT2D eigenvalue weighted by Gasteiger charge is -2.09. The van der Waals surface area contributed by atoms with Crippen LogP contribution >= 0.6 is 27.5 Å². The average molecular weight is 330 g/mol. The molecule has 2 aromatic carbocycles. The molecule has 2 aromatic rings. The van der Waals surface area contributed by atoms with Gasteiger partial charge in [0.15, 0.2) is 0 Å². The second kappa shape index (κ2) is 6.21. The molecule has 0 bridgehead atoms. The van der Waals surface area contributed by atoms with E-state index in [1.807, 2.05) is 18.2 Å². The molecule has 0 N–H and O–H groups in total. The van der Waals surface area contributed by atoms with Crippen LogP contribution in [0.5, 0.6) is 5.75 Å². The quantitative estimate of drug-likeness (QED) is 0.725. The fourth-order valence-corrected chi connectivity index (χ4v) is 2.19. The van der Waals surface area contributed by atoms with Crippen molar-refractivity contribution in [1.82, 2.24) is 0 Å². The van der Waals surface area contributed by atoms with Gasteiger partial charge in [-0.1, -0.05) is 18.2 Å². The maximum atomic E-state index is 12.7. The van der Waals surface area contributed by atoms with Crippen LogP contribution in [0.3, 0.4) is 0 Å². The Labute approximate surface area is 119 Å². The van der Waals surface area contributed by atoms with Crippen molar-refractivity contribution in [3.05, 3.63) is 63.9 Å². The Morgan fingerprint density at radius 2 is 1.72 bits per heavy atom. The first-order valence-electron chi connectivity index (χ1n) is 5.40. The van der Waals surface area contributed by atoms with Crippen LogP contribution in [0.1, 0.15) is 11.1 Å². The number of benzene rings is 2. The van der Waals surface area contributed by atoms with Gasteiger partial charge in [-0.05, 0) is 51.3 Å². The molecule has 0 radical (unpaired) electrons. The SMILES string of the molecule is Fc1ccc(COc2ccc(CCl)cc2Br)cc1. The smallest absolute Gasteiger partial charge is 0.134 e. The highest BCUT2D eigenvalue weighted by molar-refractivity contribution is 9.10. The predicted molar refractivity (Wildman–Crippen MR) is 74.4 cm³/mol. The summed E-state index contributed by atoms with van der Waals surface area (Å²) in [6.45, 7) is 0.402. The molecule has 0 unspecified atom stereocenters. The van der Waals surface area contributed by atoms with Gasteiger partial charge in [-0.3, -0.25) is 0 Å². The van der Waals surface area contributed by atoms with Gasteiger partial charge in [0.25, 0.3) is 0 Å². The van der Waals surface area contributed by atoms with E-state index in [4.69, 9.17) is 16.3 Å². The van der Waals surface area contributed by atoms with Crippen LogP contribution in [0.25, 0.3) is 0 Å². The second-order valence-electron chi connectivity index (χ2n) is 3.81. The Morgan fingerprint density at radius 1 is 1.06 bits per heavy atom. The van der Waals surface area contributed by atoms with Crippen molar-refractivity contribution < 1.29 is 9.13 Å². The van der Waals surface area contributed by atoms with Gasteiger partial charge in [-0.15, -0.1) is 11.6 Å². The first kappa shape index (κ1) is 13.4. The zero-order chi connectivity index (χ0) is 13.0. The molecule has 18 heavy (non-hydrogen) atoms. The van der Waals surface area contributed by atoms with Crippen LogP contribution in [-0.2, 0) is 12.5 Å². The number of hydrogen-bond donors (Lipinski definition) is 0. The second-order valence-corrected chi connectivity index (χ2v) is 4.94. The molecule has 1 nitrogen and oxygen atoms in total.